The average molecular weight is 393 g/mol. The quantitative estimate of drug-likeness (QED) is 0.673. The monoisotopic (exact) mass is 393 g/mol. The van der Waals surface area contributed by atoms with Crippen LogP contribution in [0.4, 0.5) is 0 Å². The molecule has 0 fully saturated rings. The first-order valence-corrected chi connectivity index (χ1v) is 9.48. The molecule has 1 atom stereocenters. The molecule has 3 aromatic rings. The Morgan fingerprint density at radius 1 is 1.24 bits per heavy atom. The van der Waals surface area contributed by atoms with E-state index in [9.17, 15) is 4.79 Å². The van der Waals surface area contributed by atoms with Crippen molar-refractivity contribution in [1.82, 2.24) is 15.0 Å². The number of hydrogen-bond donors (Lipinski definition) is 1. The third-order valence-electron chi connectivity index (χ3n) is 4.80. The normalized spacial score (nSPS) is 15.6. The molecule has 1 amide bonds. The Kier molecular flexibility index (Phi) is 5.12. The van der Waals surface area contributed by atoms with Gasteiger partial charge < -0.3 is 19.3 Å². The number of nitrogens with zero attached hydrogens (tertiary/aromatic N) is 2. The van der Waals surface area contributed by atoms with Crippen LogP contribution in [0.3, 0.4) is 0 Å². The Labute approximate surface area is 168 Å². The van der Waals surface area contributed by atoms with Crippen molar-refractivity contribution in [1.29, 1.82) is 0 Å². The van der Waals surface area contributed by atoms with Crippen LogP contribution in [-0.4, -0.2) is 34.9 Å². The molecule has 7 nitrogen and oxygen atoms in total. The van der Waals surface area contributed by atoms with Crippen molar-refractivity contribution in [2.24, 2.45) is 0 Å². The molecular formula is C22H23N3O4. The Hall–Kier alpha value is -3.48. The zero-order chi connectivity index (χ0) is 20.4. The van der Waals surface area contributed by atoms with E-state index in [0.717, 1.165) is 34.3 Å². The van der Waals surface area contributed by atoms with E-state index in [1.54, 1.807) is 6.08 Å². The van der Waals surface area contributed by atoms with Gasteiger partial charge >= 0.3 is 0 Å². The molecule has 150 valence electrons. The van der Waals surface area contributed by atoms with Crippen LogP contribution >= 0.6 is 0 Å². The van der Waals surface area contributed by atoms with Gasteiger partial charge in [-0.25, -0.2) is 0 Å². The summed E-state index contributed by atoms with van der Waals surface area (Å²) in [6.45, 7) is 6.61. The highest BCUT2D eigenvalue weighted by Gasteiger charge is 2.20. The second-order valence-corrected chi connectivity index (χ2v) is 7.03. The number of fused-ring (bicyclic) bond motifs is 1. The number of aromatic nitrogens is 2. The van der Waals surface area contributed by atoms with Gasteiger partial charge in [0.05, 0.1) is 6.54 Å². The van der Waals surface area contributed by atoms with Crippen LogP contribution < -0.4 is 14.8 Å². The number of nitrogens with one attached hydrogen (secondary N) is 1. The number of para-hydroxylation sites is 2. The molecule has 0 radical (unpaired) electrons. The molecule has 0 aliphatic carbocycles. The molecule has 29 heavy (non-hydrogen) atoms. The second-order valence-electron chi connectivity index (χ2n) is 7.03. The van der Waals surface area contributed by atoms with Gasteiger partial charge in [0.1, 0.15) is 18.5 Å². The molecule has 0 unspecified atom stereocenters. The maximum absolute atomic E-state index is 12.3. The first-order chi connectivity index (χ1) is 14.0. The van der Waals surface area contributed by atoms with Gasteiger partial charge in [0, 0.05) is 23.5 Å². The van der Waals surface area contributed by atoms with Crippen LogP contribution in [0.15, 0.2) is 47.0 Å². The lowest BCUT2D eigenvalue weighted by molar-refractivity contribution is -0.116. The lowest BCUT2D eigenvalue weighted by atomic mass is 10.2. The smallest absolute Gasteiger partial charge is 0.244 e. The van der Waals surface area contributed by atoms with Crippen LogP contribution in [-0.2, 0) is 4.79 Å². The van der Waals surface area contributed by atoms with Gasteiger partial charge in [0.15, 0.2) is 17.3 Å². The Morgan fingerprint density at radius 2 is 2.03 bits per heavy atom. The summed E-state index contributed by atoms with van der Waals surface area (Å²) in [5.74, 6) is 2.73. The summed E-state index contributed by atoms with van der Waals surface area (Å²) in [5, 5.41) is 6.94. The van der Waals surface area contributed by atoms with E-state index >= 15 is 0 Å². The zero-order valence-corrected chi connectivity index (χ0v) is 16.6. The number of aryl methyl sites for hydroxylation is 2. The van der Waals surface area contributed by atoms with Crippen molar-refractivity contribution in [3.05, 3.63) is 65.2 Å². The Balaban J connectivity index is 1.37. The Morgan fingerprint density at radius 3 is 2.79 bits per heavy atom. The molecule has 1 N–H and O–H groups in total. The standard InChI is InChI=1S/C22H23N3O4/c1-14-10-17(16(3)25(14)21-11-15(2)29-24-21)8-9-22(26)23-12-18-13-27-19-6-4-5-7-20(19)28-18/h4-11,18H,12-13H2,1-3H3,(H,23,26)/b9-8-/t18-/m0/s1. The summed E-state index contributed by atoms with van der Waals surface area (Å²) in [6, 6.07) is 11.4. The average Bonchev–Trinajstić information content (AvgIpc) is 3.26. The molecular weight excluding hydrogens is 370 g/mol. The van der Waals surface area contributed by atoms with Crippen molar-refractivity contribution in [2.45, 2.75) is 26.9 Å². The third kappa shape index (κ3) is 4.03. The van der Waals surface area contributed by atoms with E-state index in [1.165, 1.54) is 6.08 Å². The van der Waals surface area contributed by atoms with Crippen LogP contribution in [0.2, 0.25) is 0 Å². The Bertz CT molecular complexity index is 1060. The van der Waals surface area contributed by atoms with Gasteiger partial charge in [0.25, 0.3) is 0 Å². The first-order valence-electron chi connectivity index (χ1n) is 9.48. The molecule has 1 aliphatic heterocycles. The predicted octanol–water partition coefficient (Wildman–Crippen LogP) is 3.36. The largest absolute Gasteiger partial charge is 0.486 e. The van der Waals surface area contributed by atoms with Gasteiger partial charge in [-0.2, -0.15) is 0 Å². The fraction of sp³-hybridized carbons (Fsp3) is 0.273. The minimum atomic E-state index is -0.220. The third-order valence-corrected chi connectivity index (χ3v) is 4.80. The lowest BCUT2D eigenvalue weighted by Crippen LogP contribution is -2.40. The van der Waals surface area contributed by atoms with E-state index in [0.29, 0.717) is 18.9 Å². The maximum atomic E-state index is 12.3. The van der Waals surface area contributed by atoms with Crippen LogP contribution in [0, 0.1) is 20.8 Å². The van der Waals surface area contributed by atoms with Crippen molar-refractivity contribution < 1.29 is 18.8 Å². The lowest BCUT2D eigenvalue weighted by Gasteiger charge is -2.26. The van der Waals surface area contributed by atoms with E-state index in [4.69, 9.17) is 14.0 Å². The van der Waals surface area contributed by atoms with Gasteiger partial charge in [-0.05, 0) is 50.6 Å². The molecule has 0 bridgehead atoms. The van der Waals surface area contributed by atoms with Crippen molar-refractivity contribution in [3.63, 3.8) is 0 Å². The highest BCUT2D eigenvalue weighted by atomic mass is 16.6. The summed E-state index contributed by atoms with van der Waals surface area (Å²) >= 11 is 0. The summed E-state index contributed by atoms with van der Waals surface area (Å²) in [5.41, 5.74) is 2.95. The van der Waals surface area contributed by atoms with E-state index in [-0.39, 0.29) is 12.0 Å². The molecule has 0 saturated heterocycles. The topological polar surface area (TPSA) is 78.5 Å². The molecule has 4 rings (SSSR count). The van der Waals surface area contributed by atoms with E-state index in [2.05, 4.69) is 10.5 Å². The number of benzene rings is 1. The summed E-state index contributed by atoms with van der Waals surface area (Å²) < 4.78 is 18.7. The van der Waals surface area contributed by atoms with Crippen LogP contribution in [0.5, 0.6) is 11.5 Å². The van der Waals surface area contributed by atoms with Gasteiger partial charge in [-0.15, -0.1) is 0 Å². The summed E-state index contributed by atoms with van der Waals surface area (Å²) in [6.07, 6.45) is 3.11. The molecule has 2 aromatic heterocycles. The zero-order valence-electron chi connectivity index (χ0n) is 16.6. The van der Waals surface area contributed by atoms with Crippen molar-refractivity contribution in [2.75, 3.05) is 13.2 Å². The van der Waals surface area contributed by atoms with Crippen LogP contribution in [0.1, 0.15) is 22.7 Å². The fourth-order valence-electron chi connectivity index (χ4n) is 3.37. The molecule has 3 heterocycles. The molecule has 0 spiro atoms. The minimum absolute atomic E-state index is 0.186. The van der Waals surface area contributed by atoms with E-state index in [1.807, 2.05) is 61.7 Å². The van der Waals surface area contributed by atoms with E-state index < -0.39 is 0 Å². The number of carbonyl (C=O) groups is 1. The number of hydrogen-bond acceptors (Lipinski definition) is 5. The highest BCUT2D eigenvalue weighted by molar-refractivity contribution is 5.91. The minimum Gasteiger partial charge on any atom is -0.486 e. The number of amides is 1. The molecule has 1 aliphatic rings. The highest BCUT2D eigenvalue weighted by Crippen LogP contribution is 2.30. The number of rotatable bonds is 5. The number of carbonyl (C=O) groups excluding carboxylic acids is 1. The van der Waals surface area contributed by atoms with Crippen LogP contribution in [0.25, 0.3) is 11.9 Å². The summed E-state index contributed by atoms with van der Waals surface area (Å²) in [4.78, 5) is 12.3. The van der Waals surface area contributed by atoms with Crippen molar-refractivity contribution >= 4 is 12.0 Å². The molecule has 7 heteroatoms. The maximum Gasteiger partial charge on any atom is 0.244 e. The predicted molar refractivity (Wildman–Crippen MR) is 108 cm³/mol. The first kappa shape index (κ1) is 18.9. The fourth-order valence-corrected chi connectivity index (χ4v) is 3.37. The second kappa shape index (κ2) is 7.87. The van der Waals surface area contributed by atoms with Gasteiger partial charge in [0.2, 0.25) is 5.91 Å². The van der Waals surface area contributed by atoms with Gasteiger partial charge in [-0.1, -0.05) is 17.3 Å². The molecule has 1 aromatic carbocycles. The van der Waals surface area contributed by atoms with Crippen molar-refractivity contribution in [3.8, 4) is 17.3 Å². The SMILES string of the molecule is Cc1cc(-n2c(C)cc(/C=C\C(=O)NC[C@H]3COc4ccccc4O3)c2C)no1. The summed E-state index contributed by atoms with van der Waals surface area (Å²) in [7, 11) is 0. The number of ether oxygens (including phenoxy) is 2. The van der Waals surface area contributed by atoms with Gasteiger partial charge in [-0.3, -0.25) is 9.36 Å². The molecule has 0 saturated carbocycles.